The van der Waals surface area contributed by atoms with Gasteiger partial charge in [0.25, 0.3) is 6.71 Å². The zero-order valence-electron chi connectivity index (χ0n) is 58.8. The monoisotopic (exact) mass is 1240 g/mol. The number of hydrogen-bond donors (Lipinski definition) is 0. The molecule has 8 heteroatoms. The quantitative estimate of drug-likeness (QED) is 0.155. The third kappa shape index (κ3) is 10.4. The van der Waals surface area contributed by atoms with Crippen molar-refractivity contribution in [3.8, 4) is 34.4 Å². The Morgan fingerprint density at radius 2 is 0.621 bits per heavy atom. The average Bonchev–Trinajstić information content (AvgIpc) is 1.64. The molecule has 0 spiro atoms. The molecular weight excluding hydrogens is 1150 g/mol. The first-order chi connectivity index (χ1) is 44.9. The summed E-state index contributed by atoms with van der Waals surface area (Å²) >= 11 is 0. The molecule has 0 bridgehead atoms. The third-order valence-corrected chi connectivity index (χ3v) is 20.3. The molecule has 0 saturated heterocycles. The van der Waals surface area contributed by atoms with E-state index in [0.717, 1.165) is 83.2 Å². The van der Waals surface area contributed by atoms with E-state index in [1.807, 2.05) is 0 Å². The topological polar surface area (TPSA) is 55.0 Å². The van der Waals surface area contributed by atoms with E-state index < -0.39 is 0 Å². The Hall–Kier alpha value is -9.53. The van der Waals surface area contributed by atoms with Gasteiger partial charge in [0.1, 0.15) is 0 Å². The molecule has 0 atom stereocenters. The summed E-state index contributed by atoms with van der Waals surface area (Å²) in [4.78, 5) is 21.8. The van der Waals surface area contributed by atoms with Crippen LogP contribution in [0.5, 0.6) is 0 Å². The lowest BCUT2D eigenvalue weighted by atomic mass is 9.33. The van der Waals surface area contributed by atoms with E-state index in [-0.39, 0.29) is 39.2 Å². The van der Waals surface area contributed by atoms with Crippen LogP contribution in [0.4, 0.5) is 34.1 Å². The van der Waals surface area contributed by atoms with Crippen molar-refractivity contribution in [1.29, 1.82) is 0 Å². The molecule has 0 amide bonds. The summed E-state index contributed by atoms with van der Waals surface area (Å²) in [7, 11) is 0. The average molecular weight is 1240 g/mol. The highest BCUT2D eigenvalue weighted by molar-refractivity contribution is 7.00. The standard InChI is InChI=1S/C87H88BN7/c1-82(2,3)55-31-27-53(28-32-55)79-89-80(54-29-33-56(34-30-54)83(4,5)6)91-81(90-79)95-71-26-22-20-24-65(71)67-46-45-66-64-23-19-21-25-70(64)94(77(66)78(67)95)63-51-74-76-75(52-63)93(62-43-37-58(38-44-62)85(10,11)12)73-48-40-60(87(16,17)18)50-69(73)88(76)68-49-59(86(13,14)15)39-47-72(68)92(74)61-41-35-57(36-42-61)84(7,8)9/h19-52H,1-18H3. The van der Waals surface area contributed by atoms with Crippen molar-refractivity contribution in [2.75, 3.05) is 9.80 Å². The summed E-state index contributed by atoms with van der Waals surface area (Å²) in [5.41, 5.74) is 25.3. The van der Waals surface area contributed by atoms with E-state index in [1.165, 1.54) is 61.1 Å². The van der Waals surface area contributed by atoms with Crippen LogP contribution < -0.4 is 26.2 Å². The molecule has 474 valence electrons. The number of rotatable bonds is 6. The fourth-order valence-electron chi connectivity index (χ4n) is 14.8. The van der Waals surface area contributed by atoms with E-state index in [9.17, 15) is 0 Å². The van der Waals surface area contributed by atoms with E-state index in [0.29, 0.717) is 17.6 Å². The molecule has 2 aliphatic rings. The molecule has 0 N–H and O–H groups in total. The summed E-state index contributed by atoms with van der Waals surface area (Å²) in [6.45, 7) is 41.4. The second-order valence-corrected chi connectivity index (χ2v) is 33.1. The molecule has 95 heavy (non-hydrogen) atoms. The van der Waals surface area contributed by atoms with Gasteiger partial charge < -0.3 is 14.4 Å². The van der Waals surface area contributed by atoms with Gasteiger partial charge in [0, 0.05) is 66.8 Å². The summed E-state index contributed by atoms with van der Waals surface area (Å²) < 4.78 is 4.90. The molecule has 7 nitrogen and oxygen atoms in total. The zero-order chi connectivity index (χ0) is 66.8. The van der Waals surface area contributed by atoms with Crippen LogP contribution in [0.25, 0.3) is 78.0 Å². The molecule has 0 fully saturated rings. The van der Waals surface area contributed by atoms with Crippen LogP contribution in [0, 0.1) is 0 Å². The smallest absolute Gasteiger partial charge is 0.252 e. The fourth-order valence-corrected chi connectivity index (χ4v) is 14.8. The van der Waals surface area contributed by atoms with Gasteiger partial charge in [-0.15, -0.1) is 0 Å². The van der Waals surface area contributed by atoms with Crippen molar-refractivity contribution >= 4 is 101 Å². The van der Waals surface area contributed by atoms with Crippen molar-refractivity contribution in [1.82, 2.24) is 24.1 Å². The molecule has 3 aromatic heterocycles. The van der Waals surface area contributed by atoms with Crippen molar-refractivity contribution in [2.24, 2.45) is 0 Å². The maximum absolute atomic E-state index is 5.62. The minimum absolute atomic E-state index is 0.0275. The maximum Gasteiger partial charge on any atom is 0.252 e. The summed E-state index contributed by atoms with van der Waals surface area (Å²) in [5.74, 6) is 1.78. The van der Waals surface area contributed by atoms with Gasteiger partial charge in [-0.1, -0.05) is 270 Å². The predicted octanol–water partition coefficient (Wildman–Crippen LogP) is 21.3. The van der Waals surface area contributed by atoms with Gasteiger partial charge in [0.05, 0.1) is 27.8 Å². The van der Waals surface area contributed by atoms with E-state index in [1.54, 1.807) is 0 Å². The number of nitrogens with zero attached hydrogens (tertiary/aromatic N) is 7. The van der Waals surface area contributed by atoms with Gasteiger partial charge >= 0.3 is 0 Å². The lowest BCUT2D eigenvalue weighted by Gasteiger charge is -2.45. The minimum Gasteiger partial charge on any atom is -0.311 e. The second kappa shape index (κ2) is 21.5. The Morgan fingerprint density at radius 3 is 1.00 bits per heavy atom. The highest BCUT2D eigenvalue weighted by Gasteiger charge is 2.45. The Bertz CT molecular complexity index is 4990. The van der Waals surface area contributed by atoms with Gasteiger partial charge in [0.15, 0.2) is 11.6 Å². The Labute approximate surface area is 562 Å². The third-order valence-electron chi connectivity index (χ3n) is 20.3. The zero-order valence-corrected chi connectivity index (χ0v) is 58.8. The van der Waals surface area contributed by atoms with E-state index in [4.69, 9.17) is 15.0 Å². The largest absolute Gasteiger partial charge is 0.311 e. The normalized spacial score (nSPS) is 13.7. The van der Waals surface area contributed by atoms with Crippen LogP contribution in [-0.4, -0.2) is 30.8 Å². The Morgan fingerprint density at radius 1 is 0.284 bits per heavy atom. The molecule has 0 aliphatic carbocycles. The van der Waals surface area contributed by atoms with Gasteiger partial charge in [-0.05, 0) is 143 Å². The lowest BCUT2D eigenvalue weighted by molar-refractivity contribution is 0.590. The van der Waals surface area contributed by atoms with E-state index in [2.05, 4.69) is 350 Å². The molecule has 15 rings (SSSR count). The van der Waals surface area contributed by atoms with Crippen molar-refractivity contribution < 1.29 is 0 Å². The highest BCUT2D eigenvalue weighted by atomic mass is 15.2. The SMILES string of the molecule is CC(C)(C)c1ccc(-c2nc(-c3ccc(C(C)(C)C)cc3)nc(-n3c4ccccc4c4ccc5c6ccccc6n(-c6cc7c8c(c6)N(c6ccc(C(C)(C)C)cc6)c6ccc(C(C)(C)C)cc6B8c6cc(C(C)(C)C)ccc6N7c6ccc(C(C)(C)C)cc6)c5c43)n2)cc1. The molecular formula is C87H88BN7. The molecule has 0 radical (unpaired) electrons. The second-order valence-electron chi connectivity index (χ2n) is 33.1. The van der Waals surface area contributed by atoms with Crippen LogP contribution in [0.15, 0.2) is 206 Å². The van der Waals surface area contributed by atoms with Gasteiger partial charge in [-0.3, -0.25) is 4.57 Å². The number of hydrogen-bond acceptors (Lipinski definition) is 5. The van der Waals surface area contributed by atoms with Crippen molar-refractivity contribution in [3.05, 3.63) is 240 Å². The predicted molar refractivity (Wildman–Crippen MR) is 406 cm³/mol. The van der Waals surface area contributed by atoms with Crippen LogP contribution in [0.2, 0.25) is 0 Å². The van der Waals surface area contributed by atoms with Gasteiger partial charge in [-0.25, -0.2) is 4.98 Å². The molecule has 13 aromatic rings. The van der Waals surface area contributed by atoms with Crippen LogP contribution in [0.3, 0.4) is 0 Å². The first kappa shape index (κ1) is 61.6. The molecule has 10 aromatic carbocycles. The first-order valence-electron chi connectivity index (χ1n) is 34.1. The summed E-state index contributed by atoms with van der Waals surface area (Å²) in [6.07, 6.45) is 0. The molecule has 0 unspecified atom stereocenters. The van der Waals surface area contributed by atoms with Crippen LogP contribution in [0.1, 0.15) is 158 Å². The van der Waals surface area contributed by atoms with Crippen molar-refractivity contribution in [2.45, 2.75) is 157 Å². The van der Waals surface area contributed by atoms with Crippen LogP contribution in [-0.2, 0) is 32.5 Å². The number of anilines is 6. The van der Waals surface area contributed by atoms with Crippen LogP contribution >= 0.6 is 0 Å². The highest BCUT2D eigenvalue weighted by Crippen LogP contribution is 2.49. The molecule has 2 aliphatic heterocycles. The molecule has 5 heterocycles. The van der Waals surface area contributed by atoms with Crippen molar-refractivity contribution in [3.63, 3.8) is 0 Å². The number of para-hydroxylation sites is 2. The van der Waals surface area contributed by atoms with Gasteiger partial charge in [-0.2, -0.15) is 9.97 Å². The number of aromatic nitrogens is 5. The fraction of sp³-hybridized carbons (Fsp3) is 0.276. The molecule has 0 saturated carbocycles. The summed E-state index contributed by atoms with van der Waals surface area (Å²) in [6, 6.07) is 78.6. The number of benzene rings is 10. The van der Waals surface area contributed by atoms with E-state index >= 15 is 0 Å². The van der Waals surface area contributed by atoms with Gasteiger partial charge in [0.2, 0.25) is 5.95 Å². The Balaban J connectivity index is 1.08. The minimum atomic E-state index is -0.104. The number of fused-ring (bicyclic) bond motifs is 11. The summed E-state index contributed by atoms with van der Waals surface area (Å²) in [5, 5.41) is 4.52. The maximum atomic E-state index is 5.62. The lowest BCUT2D eigenvalue weighted by Crippen LogP contribution is -2.61. The Kier molecular flexibility index (Phi) is 13.9. The first-order valence-corrected chi connectivity index (χ1v) is 34.1.